The number of rotatable bonds is 8. The molecule has 0 saturated heterocycles. The fourth-order valence-electron chi connectivity index (χ4n) is 2.06. The summed E-state index contributed by atoms with van der Waals surface area (Å²) in [6.45, 7) is 6.55. The molecule has 1 unspecified atom stereocenters. The summed E-state index contributed by atoms with van der Waals surface area (Å²) in [7, 11) is 1.85. The molecule has 2 amide bonds. The standard InChI is InChI=1S/C17H27N3O2S/c1-6-17(2,3)19-16(22)12-20(4)11-15(21)18-13-9-7-8-10-14(13)23-5/h7-10H,6,11-12H2,1-5H3,(H,18,21)(H,19,22)/p+1. The lowest BCUT2D eigenvalue weighted by molar-refractivity contribution is -0.862. The lowest BCUT2D eigenvalue weighted by atomic mass is 10.0. The maximum atomic E-state index is 12.1. The van der Waals surface area contributed by atoms with Crippen LogP contribution in [0.3, 0.4) is 0 Å². The zero-order valence-corrected chi connectivity index (χ0v) is 15.5. The van der Waals surface area contributed by atoms with Crippen LogP contribution < -0.4 is 15.5 Å². The molecule has 128 valence electrons. The SMILES string of the molecule is CCC(C)(C)NC(=O)C[NH+](C)CC(=O)Nc1ccccc1SC. The lowest BCUT2D eigenvalue weighted by Crippen LogP contribution is -3.11. The summed E-state index contributed by atoms with van der Waals surface area (Å²) in [6.07, 6.45) is 2.84. The predicted octanol–water partition coefficient (Wildman–Crippen LogP) is 1.17. The van der Waals surface area contributed by atoms with E-state index in [2.05, 4.69) is 10.6 Å². The normalized spacial score (nSPS) is 12.6. The van der Waals surface area contributed by atoms with E-state index in [9.17, 15) is 9.59 Å². The maximum absolute atomic E-state index is 12.1. The van der Waals surface area contributed by atoms with E-state index >= 15 is 0 Å². The van der Waals surface area contributed by atoms with Crippen LogP contribution in [0.4, 0.5) is 5.69 Å². The van der Waals surface area contributed by atoms with Gasteiger partial charge in [0.15, 0.2) is 13.1 Å². The predicted molar refractivity (Wildman–Crippen MR) is 96.0 cm³/mol. The number of hydrogen-bond donors (Lipinski definition) is 3. The van der Waals surface area contributed by atoms with Gasteiger partial charge in [0, 0.05) is 10.4 Å². The summed E-state index contributed by atoms with van der Waals surface area (Å²) in [6, 6.07) is 7.69. The van der Waals surface area contributed by atoms with Gasteiger partial charge in [-0.2, -0.15) is 0 Å². The van der Waals surface area contributed by atoms with Gasteiger partial charge in [0.25, 0.3) is 11.8 Å². The molecule has 0 fully saturated rings. The van der Waals surface area contributed by atoms with Crippen LogP contribution in [0.1, 0.15) is 27.2 Å². The molecule has 0 aliphatic rings. The largest absolute Gasteiger partial charge is 0.346 e. The van der Waals surface area contributed by atoms with E-state index in [1.54, 1.807) is 11.8 Å². The van der Waals surface area contributed by atoms with Crippen LogP contribution in [0.25, 0.3) is 0 Å². The van der Waals surface area contributed by atoms with Crippen molar-refractivity contribution in [2.45, 2.75) is 37.6 Å². The number of hydrogen-bond acceptors (Lipinski definition) is 3. The fraction of sp³-hybridized carbons (Fsp3) is 0.529. The van der Waals surface area contributed by atoms with Gasteiger partial charge in [-0.1, -0.05) is 19.1 Å². The van der Waals surface area contributed by atoms with Crippen molar-refractivity contribution >= 4 is 29.3 Å². The van der Waals surface area contributed by atoms with Crippen LogP contribution in [0.2, 0.25) is 0 Å². The Morgan fingerprint density at radius 3 is 2.39 bits per heavy atom. The van der Waals surface area contributed by atoms with Gasteiger partial charge in [0.1, 0.15) is 0 Å². The van der Waals surface area contributed by atoms with Crippen LogP contribution in [0, 0.1) is 0 Å². The summed E-state index contributed by atoms with van der Waals surface area (Å²) in [5.74, 6) is -0.127. The Hall–Kier alpha value is -1.53. The number of benzene rings is 1. The molecule has 0 aromatic heterocycles. The van der Waals surface area contributed by atoms with Crippen LogP contribution in [-0.2, 0) is 9.59 Å². The van der Waals surface area contributed by atoms with Crippen molar-refractivity contribution in [2.75, 3.05) is 31.7 Å². The van der Waals surface area contributed by atoms with E-state index in [-0.39, 0.29) is 30.4 Å². The molecule has 23 heavy (non-hydrogen) atoms. The summed E-state index contributed by atoms with van der Waals surface area (Å²) in [5, 5.41) is 5.90. The zero-order valence-electron chi connectivity index (χ0n) is 14.7. The molecule has 0 heterocycles. The zero-order chi connectivity index (χ0) is 17.5. The molecule has 0 saturated carbocycles. The third-order valence-corrected chi connectivity index (χ3v) is 4.46. The number of carbonyl (C=O) groups is 2. The van der Waals surface area contributed by atoms with Gasteiger partial charge in [-0.15, -0.1) is 11.8 Å². The molecule has 1 aromatic rings. The molecule has 0 bridgehead atoms. The van der Waals surface area contributed by atoms with Gasteiger partial charge in [-0.25, -0.2) is 0 Å². The topological polar surface area (TPSA) is 62.6 Å². The smallest absolute Gasteiger partial charge is 0.279 e. The highest BCUT2D eigenvalue weighted by atomic mass is 32.2. The molecular weight excluding hydrogens is 310 g/mol. The summed E-state index contributed by atoms with van der Waals surface area (Å²) < 4.78 is 0. The van der Waals surface area contributed by atoms with Crippen molar-refractivity contribution in [3.8, 4) is 0 Å². The molecule has 0 aliphatic carbocycles. The average molecular weight is 338 g/mol. The van der Waals surface area contributed by atoms with Gasteiger partial charge >= 0.3 is 0 Å². The first-order valence-corrected chi connectivity index (χ1v) is 9.05. The Bertz CT molecular complexity index is 546. The molecule has 5 nitrogen and oxygen atoms in total. The molecule has 1 rings (SSSR count). The molecular formula is C17H28N3O2S+. The molecule has 1 aromatic carbocycles. The second-order valence-corrected chi connectivity index (χ2v) is 7.19. The van der Waals surface area contributed by atoms with E-state index in [0.29, 0.717) is 0 Å². The minimum absolute atomic E-state index is 0.0355. The Morgan fingerprint density at radius 1 is 1.17 bits per heavy atom. The monoisotopic (exact) mass is 338 g/mol. The van der Waals surface area contributed by atoms with Crippen molar-refractivity contribution in [1.29, 1.82) is 0 Å². The van der Waals surface area contributed by atoms with Gasteiger partial charge in [0.05, 0.1) is 12.7 Å². The van der Waals surface area contributed by atoms with Crippen LogP contribution in [-0.4, -0.2) is 43.7 Å². The molecule has 1 atom stereocenters. The van der Waals surface area contributed by atoms with Crippen LogP contribution >= 0.6 is 11.8 Å². The number of thioether (sulfide) groups is 1. The quantitative estimate of drug-likeness (QED) is 0.624. The molecule has 0 spiro atoms. The first-order chi connectivity index (χ1) is 10.8. The van der Waals surface area contributed by atoms with Crippen molar-refractivity contribution in [3.05, 3.63) is 24.3 Å². The maximum Gasteiger partial charge on any atom is 0.279 e. The minimum atomic E-state index is -0.211. The summed E-state index contributed by atoms with van der Waals surface area (Å²) in [5.41, 5.74) is 0.603. The van der Waals surface area contributed by atoms with Gasteiger partial charge in [0.2, 0.25) is 0 Å². The molecule has 0 aliphatic heterocycles. The Kier molecular flexibility index (Phi) is 7.58. The number of nitrogens with one attached hydrogen (secondary N) is 3. The Labute approximate surface area is 143 Å². The average Bonchev–Trinajstić information content (AvgIpc) is 2.46. The Balaban J connectivity index is 2.49. The molecule has 0 radical (unpaired) electrons. The highest BCUT2D eigenvalue weighted by Gasteiger charge is 2.21. The number of quaternary nitrogens is 1. The van der Waals surface area contributed by atoms with Gasteiger partial charge in [-0.05, 0) is 38.7 Å². The van der Waals surface area contributed by atoms with E-state index in [4.69, 9.17) is 0 Å². The van der Waals surface area contributed by atoms with Gasteiger partial charge in [-0.3, -0.25) is 9.59 Å². The second kappa shape index (κ2) is 8.93. The van der Waals surface area contributed by atoms with E-state index in [0.717, 1.165) is 21.9 Å². The van der Waals surface area contributed by atoms with E-state index in [1.807, 2.05) is 58.3 Å². The number of carbonyl (C=O) groups excluding carboxylic acids is 2. The van der Waals surface area contributed by atoms with Crippen LogP contribution in [0.5, 0.6) is 0 Å². The number of likely N-dealkylation sites (N-methyl/N-ethyl adjacent to an activating group) is 1. The number of para-hydroxylation sites is 1. The number of anilines is 1. The highest BCUT2D eigenvalue weighted by Crippen LogP contribution is 2.24. The third-order valence-electron chi connectivity index (χ3n) is 3.67. The lowest BCUT2D eigenvalue weighted by Gasteiger charge is -2.25. The van der Waals surface area contributed by atoms with Crippen molar-refractivity contribution in [2.24, 2.45) is 0 Å². The first kappa shape index (κ1) is 19.5. The molecule has 3 N–H and O–H groups in total. The van der Waals surface area contributed by atoms with E-state index < -0.39 is 0 Å². The van der Waals surface area contributed by atoms with Crippen LogP contribution in [0.15, 0.2) is 29.2 Å². The minimum Gasteiger partial charge on any atom is -0.346 e. The summed E-state index contributed by atoms with van der Waals surface area (Å²) in [4.78, 5) is 26.0. The van der Waals surface area contributed by atoms with E-state index in [1.165, 1.54) is 0 Å². The van der Waals surface area contributed by atoms with Crippen molar-refractivity contribution in [1.82, 2.24) is 5.32 Å². The second-order valence-electron chi connectivity index (χ2n) is 6.34. The number of amides is 2. The highest BCUT2D eigenvalue weighted by molar-refractivity contribution is 7.98. The van der Waals surface area contributed by atoms with Crippen molar-refractivity contribution in [3.63, 3.8) is 0 Å². The van der Waals surface area contributed by atoms with Gasteiger partial charge < -0.3 is 15.5 Å². The summed E-state index contributed by atoms with van der Waals surface area (Å²) >= 11 is 1.59. The first-order valence-electron chi connectivity index (χ1n) is 7.82. The third kappa shape index (κ3) is 7.05. The molecule has 6 heteroatoms. The Morgan fingerprint density at radius 2 is 1.78 bits per heavy atom. The van der Waals surface area contributed by atoms with Crippen molar-refractivity contribution < 1.29 is 14.5 Å². The fourth-order valence-corrected chi connectivity index (χ4v) is 2.62.